The summed E-state index contributed by atoms with van der Waals surface area (Å²) in [4.78, 5) is 23.5. The third kappa shape index (κ3) is 4.63. The minimum Gasteiger partial charge on any atom is -0.296 e. The van der Waals surface area contributed by atoms with Crippen molar-refractivity contribution in [2.75, 3.05) is 18.0 Å². The number of rotatable bonds is 4. The molecule has 2 aromatic carbocycles. The van der Waals surface area contributed by atoms with Crippen molar-refractivity contribution in [2.24, 2.45) is 7.05 Å². The maximum atomic E-state index is 14.2. The zero-order chi connectivity index (χ0) is 25.4. The van der Waals surface area contributed by atoms with E-state index in [1.54, 1.807) is 4.68 Å². The first kappa shape index (κ1) is 24.1. The molecule has 1 amide bonds. The summed E-state index contributed by atoms with van der Waals surface area (Å²) in [6, 6.07) is 16.0. The number of anilines is 1. The summed E-state index contributed by atoms with van der Waals surface area (Å²) in [6.07, 6.45) is 5.68. The van der Waals surface area contributed by atoms with Gasteiger partial charge in [-0.25, -0.2) is 4.98 Å². The number of carbonyl (C=O) groups is 1. The fraction of sp³-hybridized carbons (Fsp3) is 0.379. The first-order valence-electron chi connectivity index (χ1n) is 12.6. The van der Waals surface area contributed by atoms with Crippen molar-refractivity contribution in [3.05, 3.63) is 72.1 Å². The zero-order valence-electron chi connectivity index (χ0n) is 21.8. The molecule has 3 heterocycles. The maximum Gasteiger partial charge on any atom is 0.259 e. The molecular formula is C29H34N6O. The minimum atomic E-state index is -0.0234. The van der Waals surface area contributed by atoms with Crippen molar-refractivity contribution in [1.82, 2.24) is 24.9 Å². The third-order valence-electron chi connectivity index (χ3n) is 7.17. The number of pyridine rings is 1. The topological polar surface area (TPSA) is 67.2 Å². The second kappa shape index (κ2) is 9.47. The van der Waals surface area contributed by atoms with Gasteiger partial charge in [0, 0.05) is 41.8 Å². The highest BCUT2D eigenvalue weighted by Crippen LogP contribution is 2.33. The average molecular weight is 483 g/mol. The molecule has 36 heavy (non-hydrogen) atoms. The summed E-state index contributed by atoms with van der Waals surface area (Å²) >= 11 is 0. The highest BCUT2D eigenvalue weighted by molar-refractivity contribution is 6.10. The summed E-state index contributed by atoms with van der Waals surface area (Å²) in [6.45, 7) is 10.7. The van der Waals surface area contributed by atoms with Crippen molar-refractivity contribution in [3.8, 4) is 11.3 Å². The highest BCUT2D eigenvalue weighted by Gasteiger charge is 2.35. The van der Waals surface area contributed by atoms with Crippen LogP contribution in [0.2, 0.25) is 0 Å². The van der Waals surface area contributed by atoms with Gasteiger partial charge in [-0.05, 0) is 76.2 Å². The molecule has 0 radical (unpaired) electrons. The molecule has 1 fully saturated rings. The first-order chi connectivity index (χ1) is 17.2. The third-order valence-corrected chi connectivity index (χ3v) is 7.17. The van der Waals surface area contributed by atoms with Gasteiger partial charge in [-0.3, -0.25) is 19.3 Å². The summed E-state index contributed by atoms with van der Waals surface area (Å²) in [7, 11) is 1.84. The number of piperidine rings is 1. The normalized spacial score (nSPS) is 16.9. The van der Waals surface area contributed by atoms with E-state index in [1.807, 2.05) is 54.7 Å². The van der Waals surface area contributed by atoms with Gasteiger partial charge in [0.25, 0.3) is 5.91 Å². The Bertz CT molecular complexity index is 1380. The molecule has 0 saturated carbocycles. The van der Waals surface area contributed by atoms with E-state index in [9.17, 15) is 4.79 Å². The van der Waals surface area contributed by atoms with Gasteiger partial charge in [-0.1, -0.05) is 35.5 Å². The van der Waals surface area contributed by atoms with Crippen LogP contribution in [0.4, 0.5) is 5.82 Å². The molecule has 1 aliphatic heterocycles. The fourth-order valence-electron chi connectivity index (χ4n) is 5.18. The number of hydrogen-bond acceptors (Lipinski definition) is 5. The van der Waals surface area contributed by atoms with Gasteiger partial charge in [-0.15, -0.1) is 5.10 Å². The second-order valence-electron chi connectivity index (χ2n) is 10.8. The molecule has 0 unspecified atom stereocenters. The zero-order valence-corrected chi connectivity index (χ0v) is 21.8. The van der Waals surface area contributed by atoms with Gasteiger partial charge in [0.2, 0.25) is 0 Å². The van der Waals surface area contributed by atoms with E-state index < -0.39 is 0 Å². The number of aromatic nitrogens is 4. The predicted octanol–water partition coefficient (Wildman–Crippen LogP) is 5.25. The van der Waals surface area contributed by atoms with Crippen LogP contribution in [0.15, 0.2) is 60.9 Å². The Morgan fingerprint density at radius 3 is 2.56 bits per heavy atom. The molecule has 0 aliphatic carbocycles. The standard InChI is InChI=1S/C29H34N6O/c1-20-8-6-9-22-15-16-30-27(26(20)22)35(24-10-7-17-34(18-24)29(2,3)4)28(36)23-13-11-21(12-14-23)25-19-33(5)32-31-25/h6,8-9,11-16,19,24H,7,10,17-18H2,1-5H3/t24-/m1/s1. The largest absolute Gasteiger partial charge is 0.296 e. The van der Waals surface area contributed by atoms with E-state index in [0.717, 1.165) is 59.3 Å². The van der Waals surface area contributed by atoms with Crippen molar-refractivity contribution < 1.29 is 4.79 Å². The molecule has 186 valence electrons. The summed E-state index contributed by atoms with van der Waals surface area (Å²) in [5.41, 5.74) is 3.51. The smallest absolute Gasteiger partial charge is 0.259 e. The van der Waals surface area contributed by atoms with Crippen molar-refractivity contribution in [3.63, 3.8) is 0 Å². The van der Waals surface area contributed by atoms with Crippen LogP contribution in [-0.4, -0.2) is 55.5 Å². The fourth-order valence-corrected chi connectivity index (χ4v) is 5.18. The lowest BCUT2D eigenvalue weighted by molar-refractivity contribution is 0.0839. The van der Waals surface area contributed by atoms with E-state index in [2.05, 4.69) is 61.1 Å². The second-order valence-corrected chi connectivity index (χ2v) is 10.8. The molecule has 5 rings (SSSR count). The van der Waals surface area contributed by atoms with Crippen LogP contribution in [0.3, 0.4) is 0 Å². The van der Waals surface area contributed by atoms with Gasteiger partial charge in [0.15, 0.2) is 0 Å². The van der Waals surface area contributed by atoms with Gasteiger partial charge in [0.1, 0.15) is 11.5 Å². The van der Waals surface area contributed by atoms with Crippen molar-refractivity contribution >= 4 is 22.5 Å². The molecule has 1 aliphatic rings. The number of fused-ring (bicyclic) bond motifs is 1. The van der Waals surface area contributed by atoms with Gasteiger partial charge in [0.05, 0.1) is 12.2 Å². The summed E-state index contributed by atoms with van der Waals surface area (Å²) in [5.74, 6) is 0.721. The monoisotopic (exact) mass is 482 g/mol. The number of likely N-dealkylation sites (tertiary alicyclic amines) is 1. The first-order valence-corrected chi connectivity index (χ1v) is 12.6. The van der Waals surface area contributed by atoms with Crippen LogP contribution in [0.1, 0.15) is 49.5 Å². The van der Waals surface area contributed by atoms with Crippen LogP contribution < -0.4 is 4.90 Å². The van der Waals surface area contributed by atoms with Crippen LogP contribution in [0.25, 0.3) is 22.0 Å². The van der Waals surface area contributed by atoms with E-state index in [0.29, 0.717) is 5.56 Å². The molecule has 7 nitrogen and oxygen atoms in total. The van der Waals surface area contributed by atoms with E-state index in [4.69, 9.17) is 4.98 Å². The maximum absolute atomic E-state index is 14.2. The Hall–Kier alpha value is -3.58. The Labute approximate surface area is 212 Å². The number of nitrogens with zero attached hydrogens (tertiary/aromatic N) is 6. The van der Waals surface area contributed by atoms with E-state index in [1.165, 1.54) is 0 Å². The number of benzene rings is 2. The Kier molecular flexibility index (Phi) is 6.35. The predicted molar refractivity (Wildman–Crippen MR) is 144 cm³/mol. The SMILES string of the molecule is Cc1cccc2ccnc(N(C(=O)c3ccc(-c4cn(C)nn4)cc3)[C@@H]3CCCN(C(C)(C)C)C3)c12. The lowest BCUT2D eigenvalue weighted by Gasteiger charge is -2.44. The Balaban J connectivity index is 1.58. The Morgan fingerprint density at radius 2 is 1.86 bits per heavy atom. The van der Waals surface area contributed by atoms with Gasteiger partial charge in [-0.2, -0.15) is 0 Å². The van der Waals surface area contributed by atoms with Gasteiger partial charge < -0.3 is 0 Å². The van der Waals surface area contributed by atoms with Crippen molar-refractivity contribution in [2.45, 2.75) is 52.1 Å². The Morgan fingerprint density at radius 1 is 1.08 bits per heavy atom. The summed E-state index contributed by atoms with van der Waals surface area (Å²) in [5, 5.41) is 10.4. The number of amides is 1. The molecule has 1 atom stereocenters. The average Bonchev–Trinajstić information content (AvgIpc) is 3.30. The van der Waals surface area contributed by atoms with Crippen molar-refractivity contribution in [1.29, 1.82) is 0 Å². The molecule has 2 aromatic heterocycles. The molecule has 4 aromatic rings. The lowest BCUT2D eigenvalue weighted by Crippen LogP contribution is -2.55. The summed E-state index contributed by atoms with van der Waals surface area (Å²) < 4.78 is 1.68. The van der Waals surface area contributed by atoms with E-state index >= 15 is 0 Å². The quantitative estimate of drug-likeness (QED) is 0.398. The molecule has 0 spiro atoms. The number of carbonyl (C=O) groups excluding carboxylic acids is 1. The van der Waals surface area contributed by atoms with E-state index in [-0.39, 0.29) is 17.5 Å². The van der Waals surface area contributed by atoms with Gasteiger partial charge >= 0.3 is 0 Å². The molecular weight excluding hydrogens is 448 g/mol. The number of hydrogen-bond donors (Lipinski definition) is 0. The van der Waals surface area contributed by atoms with Crippen LogP contribution in [0.5, 0.6) is 0 Å². The number of aryl methyl sites for hydroxylation is 2. The highest BCUT2D eigenvalue weighted by atomic mass is 16.2. The van der Waals surface area contributed by atoms with Crippen LogP contribution in [0, 0.1) is 6.92 Å². The molecule has 0 N–H and O–H groups in total. The van der Waals surface area contributed by atoms with Crippen LogP contribution >= 0.6 is 0 Å². The minimum absolute atomic E-state index is 0.0234. The molecule has 7 heteroatoms. The lowest BCUT2D eigenvalue weighted by atomic mass is 9.96. The van der Waals surface area contributed by atoms with Crippen LogP contribution in [-0.2, 0) is 7.05 Å². The molecule has 1 saturated heterocycles. The molecule has 0 bridgehead atoms.